The molecule has 4 rings (SSSR count). The van der Waals surface area contributed by atoms with Crippen LogP contribution >= 0.6 is 0 Å². The Balaban J connectivity index is 1.83. The molecule has 0 bridgehead atoms. The topological polar surface area (TPSA) is 88.8 Å². The Labute approximate surface area is 180 Å². The number of hydrogen-bond donors (Lipinski definition) is 2. The molecule has 0 radical (unpaired) electrons. The zero-order chi connectivity index (χ0) is 21.8. The number of phenols is 1. The number of primary amides is 1. The average molecular weight is 415 g/mol. The van der Waals surface area contributed by atoms with Crippen molar-refractivity contribution < 1.29 is 14.3 Å². The lowest BCUT2D eigenvalue weighted by molar-refractivity contribution is 0.0996. The number of carbonyl (C=O) groups excluding carboxylic acids is 1. The maximum Gasteiger partial charge on any atom is 0.254 e. The Morgan fingerprint density at radius 2 is 1.81 bits per heavy atom. The van der Waals surface area contributed by atoms with Crippen LogP contribution in [0.2, 0.25) is 0 Å². The minimum Gasteiger partial charge on any atom is -0.508 e. The van der Waals surface area contributed by atoms with E-state index in [9.17, 15) is 9.90 Å². The van der Waals surface area contributed by atoms with Crippen LogP contribution < -0.4 is 11.3 Å². The van der Waals surface area contributed by atoms with Gasteiger partial charge in [0, 0.05) is 16.8 Å². The Hall–Kier alpha value is -3.60. The number of benzene rings is 3. The minimum absolute atomic E-state index is 0.131. The summed E-state index contributed by atoms with van der Waals surface area (Å²) in [6, 6.07) is 18.8. The van der Waals surface area contributed by atoms with Crippen LogP contribution in [0.25, 0.3) is 21.7 Å². The molecule has 0 aliphatic heterocycles. The number of carbonyl (C=O) groups is 1. The number of nitrogens with zero attached hydrogens (tertiary/aromatic N) is 1. The number of rotatable bonds is 7. The minimum atomic E-state index is -0.609. The highest BCUT2D eigenvalue weighted by Crippen LogP contribution is 2.28. The molecule has 1 heterocycles. The number of aromatic hydroxyl groups is 1. The van der Waals surface area contributed by atoms with Gasteiger partial charge in [0.05, 0.1) is 5.69 Å². The molecule has 158 valence electrons. The van der Waals surface area contributed by atoms with Crippen LogP contribution in [0.4, 0.5) is 5.69 Å². The summed E-state index contributed by atoms with van der Waals surface area (Å²) in [5.41, 5.74) is 7.97. The molecule has 3 N–H and O–H groups in total. The highest BCUT2D eigenvalue weighted by molar-refractivity contribution is 5.96. The first-order chi connectivity index (χ1) is 15.1. The van der Waals surface area contributed by atoms with Crippen molar-refractivity contribution in [3.05, 3.63) is 77.3 Å². The van der Waals surface area contributed by atoms with Crippen LogP contribution in [0, 0.1) is 0 Å². The number of nitrogens with two attached hydrogens (primary N) is 1. The molecule has 0 spiro atoms. The summed E-state index contributed by atoms with van der Waals surface area (Å²) in [6.07, 6.45) is 5.23. The predicted molar refractivity (Wildman–Crippen MR) is 123 cm³/mol. The summed E-state index contributed by atoms with van der Waals surface area (Å²) in [6.45, 7) is 2.17. The van der Waals surface area contributed by atoms with E-state index in [1.54, 1.807) is 12.1 Å². The van der Waals surface area contributed by atoms with Gasteiger partial charge in [0.15, 0.2) is 0 Å². The largest absolute Gasteiger partial charge is 0.508 e. The quantitative estimate of drug-likeness (QED) is 0.378. The van der Waals surface area contributed by atoms with Crippen molar-refractivity contribution in [2.75, 3.05) is 0 Å². The Kier molecular flexibility index (Phi) is 6.03. The van der Waals surface area contributed by atoms with E-state index in [-0.39, 0.29) is 16.9 Å². The summed E-state index contributed by atoms with van der Waals surface area (Å²) < 4.78 is 5.96. The van der Waals surface area contributed by atoms with Gasteiger partial charge in [-0.05, 0) is 42.0 Å². The van der Waals surface area contributed by atoms with Crippen LogP contribution in [0.3, 0.4) is 0 Å². The third-order valence-corrected chi connectivity index (χ3v) is 5.50. The summed E-state index contributed by atoms with van der Waals surface area (Å²) in [4.78, 5) is 16.8. The molecular formula is C26H26N2O3. The number of phenolic OH excluding ortho intramolecular Hbond substituents is 1. The van der Waals surface area contributed by atoms with Gasteiger partial charge in [0.2, 0.25) is 5.55 Å². The SMILES string of the molecule is CCCCCCc1cc2cc(C(N)=O)c(=Nc3cccc4ccccc34)oc2cc1O. The van der Waals surface area contributed by atoms with Gasteiger partial charge in [-0.2, -0.15) is 0 Å². The third kappa shape index (κ3) is 4.45. The summed E-state index contributed by atoms with van der Waals surface area (Å²) in [7, 11) is 0. The van der Waals surface area contributed by atoms with Crippen LogP contribution in [0.15, 0.2) is 70.1 Å². The molecule has 1 aromatic heterocycles. The summed E-state index contributed by atoms with van der Waals surface area (Å²) in [5, 5.41) is 13.2. The molecule has 4 aromatic rings. The molecule has 0 aliphatic carbocycles. The second kappa shape index (κ2) is 9.04. The molecule has 31 heavy (non-hydrogen) atoms. The molecule has 5 nitrogen and oxygen atoms in total. The van der Waals surface area contributed by atoms with Crippen molar-refractivity contribution in [1.82, 2.24) is 0 Å². The van der Waals surface area contributed by atoms with E-state index in [0.29, 0.717) is 16.7 Å². The van der Waals surface area contributed by atoms with E-state index in [4.69, 9.17) is 10.2 Å². The van der Waals surface area contributed by atoms with E-state index in [1.807, 2.05) is 48.5 Å². The monoisotopic (exact) mass is 414 g/mol. The molecule has 5 heteroatoms. The molecule has 0 unspecified atom stereocenters. The van der Waals surface area contributed by atoms with Crippen molar-refractivity contribution in [3.8, 4) is 5.75 Å². The summed E-state index contributed by atoms with van der Waals surface area (Å²) >= 11 is 0. The number of amides is 1. The van der Waals surface area contributed by atoms with Gasteiger partial charge < -0.3 is 15.3 Å². The van der Waals surface area contributed by atoms with Crippen molar-refractivity contribution in [1.29, 1.82) is 0 Å². The van der Waals surface area contributed by atoms with Crippen LogP contribution in [-0.2, 0) is 6.42 Å². The fourth-order valence-electron chi connectivity index (χ4n) is 3.83. The Bertz CT molecular complexity index is 1320. The Morgan fingerprint density at radius 3 is 2.61 bits per heavy atom. The lowest BCUT2D eigenvalue weighted by Crippen LogP contribution is -2.21. The highest BCUT2D eigenvalue weighted by atomic mass is 16.3. The number of fused-ring (bicyclic) bond motifs is 2. The second-order valence-corrected chi connectivity index (χ2v) is 7.77. The van der Waals surface area contributed by atoms with E-state index >= 15 is 0 Å². The molecule has 0 atom stereocenters. The molecular weight excluding hydrogens is 388 g/mol. The van der Waals surface area contributed by atoms with Crippen LogP contribution in [0.1, 0.15) is 48.5 Å². The van der Waals surface area contributed by atoms with Gasteiger partial charge in [-0.1, -0.05) is 62.6 Å². The van der Waals surface area contributed by atoms with Crippen LogP contribution in [-0.4, -0.2) is 11.0 Å². The van der Waals surface area contributed by atoms with Crippen molar-refractivity contribution >= 4 is 33.3 Å². The van der Waals surface area contributed by atoms with Gasteiger partial charge in [-0.15, -0.1) is 0 Å². The fraction of sp³-hybridized carbons (Fsp3) is 0.231. The van der Waals surface area contributed by atoms with Crippen molar-refractivity contribution in [2.45, 2.75) is 39.0 Å². The lowest BCUT2D eigenvalue weighted by atomic mass is 10.0. The first kappa shape index (κ1) is 20.7. The maximum absolute atomic E-state index is 12.2. The van der Waals surface area contributed by atoms with Gasteiger partial charge in [-0.3, -0.25) is 4.79 Å². The molecule has 3 aromatic carbocycles. The second-order valence-electron chi connectivity index (χ2n) is 7.77. The van der Waals surface area contributed by atoms with E-state index in [2.05, 4.69) is 11.9 Å². The van der Waals surface area contributed by atoms with E-state index in [0.717, 1.165) is 42.0 Å². The van der Waals surface area contributed by atoms with Gasteiger partial charge in [-0.25, -0.2) is 4.99 Å². The molecule has 0 saturated carbocycles. The number of aryl methyl sites for hydroxylation is 1. The number of hydrogen-bond acceptors (Lipinski definition) is 4. The fourth-order valence-corrected chi connectivity index (χ4v) is 3.83. The Morgan fingerprint density at radius 1 is 1.00 bits per heavy atom. The molecule has 0 saturated heterocycles. The third-order valence-electron chi connectivity index (χ3n) is 5.50. The maximum atomic E-state index is 12.2. The molecule has 1 amide bonds. The first-order valence-electron chi connectivity index (χ1n) is 10.7. The smallest absolute Gasteiger partial charge is 0.254 e. The zero-order valence-corrected chi connectivity index (χ0v) is 17.6. The molecule has 0 aliphatic rings. The van der Waals surface area contributed by atoms with E-state index in [1.165, 1.54) is 6.42 Å². The van der Waals surface area contributed by atoms with Gasteiger partial charge >= 0.3 is 0 Å². The van der Waals surface area contributed by atoms with Gasteiger partial charge in [0.25, 0.3) is 5.91 Å². The van der Waals surface area contributed by atoms with E-state index < -0.39 is 5.91 Å². The highest BCUT2D eigenvalue weighted by Gasteiger charge is 2.13. The lowest BCUT2D eigenvalue weighted by Gasteiger charge is -2.08. The van der Waals surface area contributed by atoms with Crippen LogP contribution in [0.5, 0.6) is 5.75 Å². The zero-order valence-electron chi connectivity index (χ0n) is 17.6. The molecule has 0 fully saturated rings. The normalized spacial score (nSPS) is 12.0. The van der Waals surface area contributed by atoms with Crippen molar-refractivity contribution in [2.24, 2.45) is 10.7 Å². The van der Waals surface area contributed by atoms with Crippen molar-refractivity contribution in [3.63, 3.8) is 0 Å². The average Bonchev–Trinajstić information content (AvgIpc) is 2.77. The predicted octanol–water partition coefficient (Wildman–Crippen LogP) is 5.75. The number of unbranched alkanes of at least 4 members (excludes halogenated alkanes) is 3. The summed E-state index contributed by atoms with van der Waals surface area (Å²) in [5.74, 6) is -0.419. The first-order valence-corrected chi connectivity index (χ1v) is 10.7. The standard InChI is InChI=1S/C26H26N2O3/c1-2-3-4-5-10-18-14-19-15-21(25(27)30)26(31-24(19)16-23(18)29)28-22-13-8-11-17-9-6-7-12-20(17)22/h6-9,11-16,29H,2-5,10H2,1H3,(H2,27,30). The van der Waals surface area contributed by atoms with Gasteiger partial charge in [0.1, 0.15) is 16.9 Å².